The molecule has 0 aliphatic rings. The molecule has 0 atom stereocenters. The van der Waals surface area contributed by atoms with Gasteiger partial charge < -0.3 is 19.1 Å². The molecule has 0 bridgehead atoms. The highest BCUT2D eigenvalue weighted by Crippen LogP contribution is 2.25. The van der Waals surface area contributed by atoms with E-state index in [1.54, 1.807) is 31.2 Å². The maximum Gasteiger partial charge on any atom is 0.307 e. The SMILES string of the molecule is CCOC(=O)CCN(CCC#N)C(=O)COc1ccccc1OC. The summed E-state index contributed by atoms with van der Waals surface area (Å²) in [5.74, 6) is 0.303. The molecular formula is C17H22N2O5. The second kappa shape index (κ2) is 10.9. The zero-order valence-corrected chi connectivity index (χ0v) is 14.0. The molecule has 0 spiro atoms. The summed E-state index contributed by atoms with van der Waals surface area (Å²) in [6.07, 6.45) is 0.267. The van der Waals surface area contributed by atoms with Crippen LogP contribution in [0.2, 0.25) is 0 Å². The van der Waals surface area contributed by atoms with E-state index in [4.69, 9.17) is 19.5 Å². The molecule has 0 aliphatic heterocycles. The van der Waals surface area contributed by atoms with Gasteiger partial charge in [0, 0.05) is 13.1 Å². The molecule has 1 rings (SSSR count). The molecule has 0 saturated heterocycles. The molecule has 0 aromatic heterocycles. The summed E-state index contributed by atoms with van der Waals surface area (Å²) in [4.78, 5) is 25.2. The predicted molar refractivity (Wildman–Crippen MR) is 86.5 cm³/mol. The smallest absolute Gasteiger partial charge is 0.307 e. The zero-order chi connectivity index (χ0) is 17.8. The predicted octanol–water partition coefficient (Wildman–Crippen LogP) is 1.77. The van der Waals surface area contributed by atoms with Crippen molar-refractivity contribution in [3.05, 3.63) is 24.3 Å². The Morgan fingerprint density at radius 1 is 1.21 bits per heavy atom. The first-order chi connectivity index (χ1) is 11.6. The molecule has 0 radical (unpaired) electrons. The highest BCUT2D eigenvalue weighted by Gasteiger charge is 2.16. The number of para-hydroxylation sites is 2. The number of nitrogens with zero attached hydrogens (tertiary/aromatic N) is 2. The summed E-state index contributed by atoms with van der Waals surface area (Å²) in [5.41, 5.74) is 0. The molecule has 0 aliphatic carbocycles. The number of hydrogen-bond acceptors (Lipinski definition) is 6. The van der Waals surface area contributed by atoms with Crippen molar-refractivity contribution in [3.8, 4) is 17.6 Å². The van der Waals surface area contributed by atoms with Gasteiger partial charge in [0.2, 0.25) is 0 Å². The summed E-state index contributed by atoms with van der Waals surface area (Å²) < 4.78 is 15.5. The summed E-state index contributed by atoms with van der Waals surface area (Å²) in [5, 5.41) is 8.71. The van der Waals surface area contributed by atoms with Crippen LogP contribution in [0.4, 0.5) is 0 Å². The fourth-order valence-corrected chi connectivity index (χ4v) is 1.97. The average molecular weight is 334 g/mol. The van der Waals surface area contributed by atoms with E-state index in [1.807, 2.05) is 6.07 Å². The van der Waals surface area contributed by atoms with Crippen LogP contribution in [-0.2, 0) is 14.3 Å². The van der Waals surface area contributed by atoms with E-state index >= 15 is 0 Å². The lowest BCUT2D eigenvalue weighted by atomic mass is 10.3. The van der Waals surface area contributed by atoms with Crippen LogP contribution in [0.25, 0.3) is 0 Å². The van der Waals surface area contributed by atoms with Crippen LogP contribution in [0.15, 0.2) is 24.3 Å². The van der Waals surface area contributed by atoms with Gasteiger partial charge >= 0.3 is 5.97 Å². The van der Waals surface area contributed by atoms with E-state index in [-0.39, 0.29) is 44.4 Å². The second-order valence-corrected chi connectivity index (χ2v) is 4.78. The standard InChI is InChI=1S/C17H22N2O5/c1-3-23-17(21)9-12-19(11-6-10-18)16(20)13-24-15-8-5-4-7-14(15)22-2/h4-5,7-8H,3,6,9,11-13H2,1-2H3. The van der Waals surface area contributed by atoms with Crippen molar-refractivity contribution >= 4 is 11.9 Å². The Hall–Kier alpha value is -2.75. The first-order valence-electron chi connectivity index (χ1n) is 7.68. The van der Waals surface area contributed by atoms with Gasteiger partial charge in [0.25, 0.3) is 5.91 Å². The number of methoxy groups -OCH3 is 1. The van der Waals surface area contributed by atoms with Crippen LogP contribution in [0.5, 0.6) is 11.5 Å². The highest BCUT2D eigenvalue weighted by atomic mass is 16.5. The molecule has 0 fully saturated rings. The molecule has 7 heteroatoms. The topological polar surface area (TPSA) is 88.9 Å². The first kappa shape index (κ1) is 19.3. The Morgan fingerprint density at radius 2 is 1.92 bits per heavy atom. The third-order valence-corrected chi connectivity index (χ3v) is 3.16. The minimum Gasteiger partial charge on any atom is -0.493 e. The minimum atomic E-state index is -0.377. The lowest BCUT2D eigenvalue weighted by Gasteiger charge is -2.21. The van der Waals surface area contributed by atoms with Gasteiger partial charge in [-0.2, -0.15) is 5.26 Å². The Bertz CT molecular complexity index is 583. The number of amides is 1. The van der Waals surface area contributed by atoms with E-state index in [0.29, 0.717) is 18.1 Å². The Balaban J connectivity index is 2.60. The summed E-state index contributed by atoms with van der Waals surface area (Å²) in [6.45, 7) is 2.24. The van der Waals surface area contributed by atoms with Crippen molar-refractivity contribution in [1.29, 1.82) is 5.26 Å². The van der Waals surface area contributed by atoms with Crippen LogP contribution < -0.4 is 9.47 Å². The van der Waals surface area contributed by atoms with E-state index < -0.39 is 0 Å². The van der Waals surface area contributed by atoms with Crippen molar-refractivity contribution < 1.29 is 23.8 Å². The largest absolute Gasteiger partial charge is 0.493 e. The Kier molecular flexibility index (Phi) is 8.76. The molecule has 130 valence electrons. The lowest BCUT2D eigenvalue weighted by molar-refractivity contribution is -0.144. The fraction of sp³-hybridized carbons (Fsp3) is 0.471. The lowest BCUT2D eigenvalue weighted by Crippen LogP contribution is -2.37. The first-order valence-corrected chi connectivity index (χ1v) is 7.68. The minimum absolute atomic E-state index is 0.0830. The Labute approximate surface area is 141 Å². The number of rotatable bonds is 10. The van der Waals surface area contributed by atoms with Crippen LogP contribution in [-0.4, -0.2) is 50.2 Å². The molecule has 24 heavy (non-hydrogen) atoms. The molecule has 7 nitrogen and oxygen atoms in total. The van der Waals surface area contributed by atoms with Gasteiger partial charge in [0.05, 0.1) is 32.6 Å². The maximum atomic E-state index is 12.3. The average Bonchev–Trinajstić information content (AvgIpc) is 2.60. The van der Waals surface area contributed by atoms with Crippen molar-refractivity contribution in [1.82, 2.24) is 4.90 Å². The number of esters is 1. The molecule has 0 heterocycles. The third-order valence-electron chi connectivity index (χ3n) is 3.16. The molecule has 1 aromatic rings. The summed E-state index contributed by atoms with van der Waals surface area (Å²) in [7, 11) is 1.52. The molecule has 1 aromatic carbocycles. The van der Waals surface area contributed by atoms with Crippen molar-refractivity contribution in [3.63, 3.8) is 0 Å². The maximum absolute atomic E-state index is 12.3. The number of carbonyl (C=O) groups is 2. The van der Waals surface area contributed by atoms with Gasteiger partial charge in [-0.1, -0.05) is 12.1 Å². The normalized spacial score (nSPS) is 9.71. The van der Waals surface area contributed by atoms with Gasteiger partial charge in [-0.25, -0.2) is 0 Å². The fourth-order valence-electron chi connectivity index (χ4n) is 1.97. The van der Waals surface area contributed by atoms with E-state index in [1.165, 1.54) is 12.0 Å². The van der Waals surface area contributed by atoms with Crippen LogP contribution in [0.1, 0.15) is 19.8 Å². The molecule has 1 amide bonds. The third kappa shape index (κ3) is 6.57. The quantitative estimate of drug-likeness (QED) is 0.606. The monoisotopic (exact) mass is 334 g/mol. The van der Waals surface area contributed by atoms with Crippen molar-refractivity contribution in [2.24, 2.45) is 0 Å². The summed E-state index contributed by atoms with van der Waals surface area (Å²) in [6, 6.07) is 8.99. The molecular weight excluding hydrogens is 312 g/mol. The van der Waals surface area contributed by atoms with Crippen molar-refractivity contribution in [2.45, 2.75) is 19.8 Å². The van der Waals surface area contributed by atoms with Gasteiger partial charge in [0.1, 0.15) is 0 Å². The number of ether oxygens (including phenoxy) is 3. The van der Waals surface area contributed by atoms with E-state index in [0.717, 1.165) is 0 Å². The van der Waals surface area contributed by atoms with Gasteiger partial charge in [-0.15, -0.1) is 0 Å². The van der Waals surface area contributed by atoms with Crippen molar-refractivity contribution in [2.75, 3.05) is 33.4 Å². The highest BCUT2D eigenvalue weighted by molar-refractivity contribution is 5.78. The number of benzene rings is 1. The molecule has 0 N–H and O–H groups in total. The van der Waals surface area contributed by atoms with Crippen LogP contribution in [0, 0.1) is 11.3 Å². The Morgan fingerprint density at radius 3 is 2.54 bits per heavy atom. The summed E-state index contributed by atoms with van der Waals surface area (Å²) >= 11 is 0. The molecule has 0 unspecified atom stereocenters. The van der Waals surface area contributed by atoms with Crippen LogP contribution in [0.3, 0.4) is 0 Å². The van der Waals surface area contributed by atoms with E-state index in [9.17, 15) is 9.59 Å². The number of hydrogen-bond donors (Lipinski definition) is 0. The van der Waals surface area contributed by atoms with Gasteiger partial charge in [-0.3, -0.25) is 9.59 Å². The van der Waals surface area contributed by atoms with Crippen LogP contribution >= 0.6 is 0 Å². The zero-order valence-electron chi connectivity index (χ0n) is 14.0. The second-order valence-electron chi connectivity index (χ2n) is 4.78. The van der Waals surface area contributed by atoms with Gasteiger partial charge in [0.15, 0.2) is 18.1 Å². The number of carbonyl (C=O) groups excluding carboxylic acids is 2. The van der Waals surface area contributed by atoms with Gasteiger partial charge in [-0.05, 0) is 19.1 Å². The van der Waals surface area contributed by atoms with E-state index in [2.05, 4.69) is 0 Å². The number of nitriles is 1. The molecule has 0 saturated carbocycles.